The molecule has 1 amide bonds. The molecule has 2 aromatic rings. The molecule has 6 heteroatoms. The Bertz CT molecular complexity index is 677. The highest BCUT2D eigenvalue weighted by Crippen LogP contribution is 2.30. The number of halogens is 1. The van der Waals surface area contributed by atoms with E-state index in [4.69, 9.17) is 11.6 Å². The van der Waals surface area contributed by atoms with E-state index in [1.807, 2.05) is 30.5 Å². The average Bonchev–Trinajstić information content (AvgIpc) is 2.91. The lowest BCUT2D eigenvalue weighted by Crippen LogP contribution is -2.30. The second-order valence-corrected chi connectivity index (χ2v) is 5.57. The lowest BCUT2D eigenvalue weighted by Gasteiger charge is -2.17. The lowest BCUT2D eigenvalue weighted by atomic mass is 10.2. The maximum absolute atomic E-state index is 12.6. The van der Waals surface area contributed by atoms with Crippen LogP contribution < -0.4 is 4.90 Å². The van der Waals surface area contributed by atoms with E-state index < -0.39 is 0 Å². The van der Waals surface area contributed by atoms with Crippen molar-refractivity contribution in [2.75, 3.05) is 17.7 Å². The van der Waals surface area contributed by atoms with Crippen molar-refractivity contribution in [3.8, 4) is 0 Å². The van der Waals surface area contributed by atoms with Gasteiger partial charge in [-0.2, -0.15) is 0 Å². The molecule has 4 nitrogen and oxygen atoms in total. The van der Waals surface area contributed by atoms with Gasteiger partial charge >= 0.3 is 0 Å². The molecule has 0 N–H and O–H groups in total. The Morgan fingerprint density at radius 2 is 2.20 bits per heavy atom. The third kappa shape index (κ3) is 2.27. The average molecular weight is 306 g/mol. The van der Waals surface area contributed by atoms with Gasteiger partial charge in [0.05, 0.1) is 11.2 Å². The summed E-state index contributed by atoms with van der Waals surface area (Å²) in [7, 11) is 0. The van der Waals surface area contributed by atoms with Crippen LogP contribution in [-0.4, -0.2) is 28.7 Å². The van der Waals surface area contributed by atoms with Crippen molar-refractivity contribution in [2.45, 2.75) is 11.6 Å². The normalized spacial score (nSPS) is 13.4. The quantitative estimate of drug-likeness (QED) is 0.632. The summed E-state index contributed by atoms with van der Waals surface area (Å²) >= 11 is 7.46. The minimum absolute atomic E-state index is 0.169. The molecular weight excluding hydrogens is 294 g/mol. The highest BCUT2D eigenvalue weighted by Gasteiger charge is 2.27. The number of amides is 1. The number of anilines is 1. The molecule has 0 saturated heterocycles. The molecule has 0 unspecified atom stereocenters. The first-order chi connectivity index (χ1) is 9.70. The van der Waals surface area contributed by atoms with Crippen LogP contribution in [0.3, 0.4) is 0 Å². The Morgan fingerprint density at radius 1 is 1.40 bits per heavy atom. The van der Waals surface area contributed by atoms with Gasteiger partial charge in [0.15, 0.2) is 10.9 Å². The van der Waals surface area contributed by atoms with Crippen molar-refractivity contribution >= 4 is 35.0 Å². The van der Waals surface area contributed by atoms with Gasteiger partial charge in [-0.25, -0.2) is 9.97 Å². The first-order valence-electron chi connectivity index (χ1n) is 6.17. The number of carbonyl (C=O) groups excluding carboxylic acids is 1. The summed E-state index contributed by atoms with van der Waals surface area (Å²) in [5.74, 6) is -0.169. The minimum Gasteiger partial charge on any atom is -0.306 e. The maximum atomic E-state index is 12.6. The molecule has 0 bridgehead atoms. The van der Waals surface area contributed by atoms with Gasteiger partial charge in [-0.15, -0.1) is 0 Å². The standard InChI is InChI=1S/C14H12ClN3OS/c1-20-14-16-8-10(15)12(17-14)13(19)18-7-6-9-4-2-3-5-11(9)18/h2-5,8H,6-7H2,1H3. The van der Waals surface area contributed by atoms with Crippen LogP contribution in [0.2, 0.25) is 5.02 Å². The lowest BCUT2D eigenvalue weighted by molar-refractivity contribution is 0.0984. The summed E-state index contributed by atoms with van der Waals surface area (Å²) < 4.78 is 0. The van der Waals surface area contributed by atoms with Crippen LogP contribution >= 0.6 is 23.4 Å². The Hall–Kier alpha value is -1.59. The summed E-state index contributed by atoms with van der Waals surface area (Å²) in [5.41, 5.74) is 2.39. The number of aromatic nitrogens is 2. The van der Waals surface area contributed by atoms with Gasteiger partial charge in [0.25, 0.3) is 5.91 Å². The van der Waals surface area contributed by atoms with E-state index in [-0.39, 0.29) is 16.6 Å². The molecule has 0 fully saturated rings. The Balaban J connectivity index is 1.98. The largest absolute Gasteiger partial charge is 0.306 e. The van der Waals surface area contributed by atoms with Gasteiger partial charge in [0.1, 0.15) is 0 Å². The van der Waals surface area contributed by atoms with Crippen molar-refractivity contribution in [3.63, 3.8) is 0 Å². The molecular formula is C14H12ClN3OS. The SMILES string of the molecule is CSc1ncc(Cl)c(C(=O)N2CCc3ccccc32)n1. The Kier molecular flexibility index (Phi) is 3.63. The molecule has 0 atom stereocenters. The predicted octanol–water partition coefficient (Wildman–Crippen LogP) is 3.05. The minimum atomic E-state index is -0.169. The van der Waals surface area contributed by atoms with Crippen LogP contribution in [0.4, 0.5) is 5.69 Å². The number of carbonyl (C=O) groups is 1. The number of benzene rings is 1. The fraction of sp³-hybridized carbons (Fsp3) is 0.214. The highest BCUT2D eigenvalue weighted by molar-refractivity contribution is 7.98. The third-order valence-corrected chi connectivity index (χ3v) is 4.08. The van der Waals surface area contributed by atoms with E-state index in [1.165, 1.54) is 23.5 Å². The molecule has 20 heavy (non-hydrogen) atoms. The van der Waals surface area contributed by atoms with Crippen molar-refractivity contribution < 1.29 is 4.79 Å². The number of nitrogens with zero attached hydrogens (tertiary/aromatic N) is 3. The van der Waals surface area contributed by atoms with E-state index >= 15 is 0 Å². The van der Waals surface area contributed by atoms with Crippen LogP contribution in [0.15, 0.2) is 35.6 Å². The molecule has 2 heterocycles. The summed E-state index contributed by atoms with van der Waals surface area (Å²) in [6.07, 6.45) is 4.21. The molecule has 1 aromatic carbocycles. The zero-order valence-electron chi connectivity index (χ0n) is 10.8. The maximum Gasteiger partial charge on any atom is 0.278 e. The van der Waals surface area contributed by atoms with Gasteiger partial charge < -0.3 is 4.90 Å². The second-order valence-electron chi connectivity index (χ2n) is 4.39. The highest BCUT2D eigenvalue weighted by atomic mass is 35.5. The molecule has 0 radical (unpaired) electrons. The molecule has 0 aliphatic carbocycles. The second kappa shape index (κ2) is 5.42. The third-order valence-electron chi connectivity index (χ3n) is 3.24. The van der Waals surface area contributed by atoms with E-state index in [0.717, 1.165) is 12.1 Å². The van der Waals surface area contributed by atoms with Gasteiger partial charge in [0, 0.05) is 12.2 Å². The molecule has 0 saturated carbocycles. The summed E-state index contributed by atoms with van der Waals surface area (Å²) in [6, 6.07) is 7.90. The van der Waals surface area contributed by atoms with Crippen molar-refractivity contribution in [2.24, 2.45) is 0 Å². The fourth-order valence-corrected chi connectivity index (χ4v) is 2.79. The zero-order chi connectivity index (χ0) is 14.1. The van der Waals surface area contributed by atoms with E-state index in [0.29, 0.717) is 11.7 Å². The van der Waals surface area contributed by atoms with E-state index in [1.54, 1.807) is 4.90 Å². The van der Waals surface area contributed by atoms with Crippen molar-refractivity contribution in [3.05, 3.63) is 46.7 Å². The fourth-order valence-electron chi connectivity index (χ4n) is 2.28. The number of rotatable bonds is 2. The van der Waals surface area contributed by atoms with Crippen LogP contribution in [0, 0.1) is 0 Å². The monoisotopic (exact) mass is 305 g/mol. The van der Waals surface area contributed by atoms with E-state index in [2.05, 4.69) is 9.97 Å². The van der Waals surface area contributed by atoms with Crippen LogP contribution in [0.1, 0.15) is 16.1 Å². The zero-order valence-corrected chi connectivity index (χ0v) is 12.4. The predicted molar refractivity (Wildman–Crippen MR) is 80.6 cm³/mol. The number of fused-ring (bicyclic) bond motifs is 1. The van der Waals surface area contributed by atoms with E-state index in [9.17, 15) is 4.79 Å². The summed E-state index contributed by atoms with van der Waals surface area (Å²) in [4.78, 5) is 22.7. The first-order valence-corrected chi connectivity index (χ1v) is 7.77. The van der Waals surface area contributed by atoms with Gasteiger partial charge in [-0.1, -0.05) is 41.6 Å². The summed E-state index contributed by atoms with van der Waals surface area (Å²) in [5, 5.41) is 0.836. The van der Waals surface area contributed by atoms with Crippen LogP contribution in [-0.2, 0) is 6.42 Å². The number of hydrogen-bond donors (Lipinski definition) is 0. The Labute approximate surface area is 126 Å². The molecule has 1 aliphatic rings. The molecule has 1 aromatic heterocycles. The summed E-state index contributed by atoms with van der Waals surface area (Å²) in [6.45, 7) is 0.660. The number of thioether (sulfide) groups is 1. The number of para-hydroxylation sites is 1. The molecule has 3 rings (SSSR count). The van der Waals surface area contributed by atoms with Crippen LogP contribution in [0.25, 0.3) is 0 Å². The van der Waals surface area contributed by atoms with Gasteiger partial charge in [0.2, 0.25) is 0 Å². The van der Waals surface area contributed by atoms with Crippen molar-refractivity contribution in [1.29, 1.82) is 0 Å². The molecule has 0 spiro atoms. The smallest absolute Gasteiger partial charge is 0.278 e. The molecule has 1 aliphatic heterocycles. The molecule has 102 valence electrons. The van der Waals surface area contributed by atoms with Crippen molar-refractivity contribution in [1.82, 2.24) is 9.97 Å². The first kappa shape index (κ1) is 13.4. The van der Waals surface area contributed by atoms with Gasteiger partial charge in [-0.3, -0.25) is 4.79 Å². The topological polar surface area (TPSA) is 46.1 Å². The Morgan fingerprint density at radius 3 is 3.00 bits per heavy atom. The van der Waals surface area contributed by atoms with Gasteiger partial charge in [-0.05, 0) is 24.3 Å². The number of hydrogen-bond acceptors (Lipinski definition) is 4. The van der Waals surface area contributed by atoms with Crippen LogP contribution in [0.5, 0.6) is 0 Å².